The zero-order valence-corrected chi connectivity index (χ0v) is 16.2. The molecule has 0 heterocycles. The number of carbonyl (C=O) groups excluding carboxylic acids is 2. The molecule has 0 unspecified atom stereocenters. The molecule has 148 valence electrons. The second-order valence-electron chi connectivity index (χ2n) is 6.68. The van der Waals surface area contributed by atoms with Gasteiger partial charge in [0.2, 0.25) is 5.91 Å². The number of aliphatic hydroxyl groups is 1. The number of ether oxygens (including phenoxy) is 1. The maximum atomic E-state index is 11.7. The lowest BCUT2D eigenvalue weighted by Crippen LogP contribution is -2.24. The molecule has 25 heavy (non-hydrogen) atoms. The van der Waals surface area contributed by atoms with E-state index in [-0.39, 0.29) is 25.1 Å². The van der Waals surface area contributed by atoms with Crippen LogP contribution in [-0.2, 0) is 14.3 Å². The van der Waals surface area contributed by atoms with Crippen LogP contribution in [0.5, 0.6) is 0 Å². The third-order valence-corrected chi connectivity index (χ3v) is 4.24. The average Bonchev–Trinajstić information content (AvgIpc) is 2.61. The van der Waals surface area contributed by atoms with E-state index in [9.17, 15) is 9.59 Å². The van der Waals surface area contributed by atoms with Gasteiger partial charge in [-0.2, -0.15) is 0 Å². The number of unbranched alkanes of at least 4 members (excludes halogenated alkanes) is 10. The Kier molecular flexibility index (Phi) is 18.4. The van der Waals surface area contributed by atoms with Gasteiger partial charge in [-0.1, -0.05) is 64.7 Å². The molecule has 1 amide bonds. The van der Waals surface area contributed by atoms with Crippen molar-refractivity contribution in [2.75, 3.05) is 19.8 Å². The average molecular weight is 358 g/mol. The second kappa shape index (κ2) is 19.2. The lowest BCUT2D eigenvalue weighted by molar-refractivity contribution is -0.144. The number of rotatable bonds is 18. The third-order valence-electron chi connectivity index (χ3n) is 4.24. The third kappa shape index (κ3) is 19.1. The van der Waals surface area contributed by atoms with Gasteiger partial charge in [-0.25, -0.2) is 0 Å². The number of hydrogen-bond acceptors (Lipinski definition) is 4. The van der Waals surface area contributed by atoms with Crippen molar-refractivity contribution in [1.29, 1.82) is 0 Å². The van der Waals surface area contributed by atoms with Crippen LogP contribution >= 0.6 is 0 Å². The molecule has 0 bridgehead atoms. The molecule has 0 radical (unpaired) electrons. The number of esters is 1. The molecule has 0 spiro atoms. The fourth-order valence-corrected chi connectivity index (χ4v) is 2.72. The lowest BCUT2D eigenvalue weighted by Gasteiger charge is -2.06. The van der Waals surface area contributed by atoms with Gasteiger partial charge in [0.25, 0.3) is 0 Å². The summed E-state index contributed by atoms with van der Waals surface area (Å²) in [6.07, 6.45) is 14.9. The topological polar surface area (TPSA) is 75.6 Å². The Morgan fingerprint density at radius 1 is 0.800 bits per heavy atom. The monoisotopic (exact) mass is 357 g/mol. The van der Waals surface area contributed by atoms with E-state index in [1.54, 1.807) is 0 Å². The van der Waals surface area contributed by atoms with E-state index in [0.717, 1.165) is 32.1 Å². The molecule has 5 heteroatoms. The molecule has 0 aromatic rings. The van der Waals surface area contributed by atoms with Crippen molar-refractivity contribution in [3.8, 4) is 0 Å². The van der Waals surface area contributed by atoms with Crippen LogP contribution in [0.4, 0.5) is 0 Å². The number of amides is 1. The van der Waals surface area contributed by atoms with Gasteiger partial charge in [0.1, 0.15) is 6.61 Å². The summed E-state index contributed by atoms with van der Waals surface area (Å²) in [6, 6.07) is 0. The van der Waals surface area contributed by atoms with Crippen LogP contribution in [0.15, 0.2) is 0 Å². The standard InChI is InChI=1S/C20H39NO4/c1-2-3-4-5-6-7-8-9-11-14-19(23)21-16-13-10-12-15-20(24)25-18-17-22/h22H,2-18H2,1H3,(H,21,23). The van der Waals surface area contributed by atoms with E-state index in [1.807, 2.05) is 0 Å². The number of carbonyl (C=O) groups is 2. The molecule has 0 saturated carbocycles. The molecule has 0 aromatic carbocycles. The summed E-state index contributed by atoms with van der Waals surface area (Å²) >= 11 is 0. The Labute approximate surface area is 153 Å². The Morgan fingerprint density at radius 2 is 1.36 bits per heavy atom. The van der Waals surface area contributed by atoms with Crippen LogP contribution in [0.1, 0.15) is 96.8 Å². The van der Waals surface area contributed by atoms with Gasteiger partial charge in [-0.15, -0.1) is 0 Å². The fourth-order valence-electron chi connectivity index (χ4n) is 2.72. The highest BCUT2D eigenvalue weighted by Crippen LogP contribution is 2.10. The molecule has 0 aliphatic rings. The molecule has 0 aliphatic heterocycles. The SMILES string of the molecule is CCCCCCCCCCCC(=O)NCCCCCC(=O)OCCO. The van der Waals surface area contributed by atoms with Crippen LogP contribution in [0.25, 0.3) is 0 Å². The van der Waals surface area contributed by atoms with Gasteiger partial charge < -0.3 is 15.2 Å². The first-order valence-electron chi connectivity index (χ1n) is 10.2. The molecule has 0 saturated heterocycles. The van der Waals surface area contributed by atoms with Crippen LogP contribution in [0.3, 0.4) is 0 Å². The van der Waals surface area contributed by atoms with Crippen molar-refractivity contribution in [1.82, 2.24) is 5.32 Å². The zero-order valence-electron chi connectivity index (χ0n) is 16.2. The van der Waals surface area contributed by atoms with Gasteiger partial charge in [-0.05, 0) is 19.3 Å². The second-order valence-corrected chi connectivity index (χ2v) is 6.68. The summed E-state index contributed by atoms with van der Waals surface area (Å²) < 4.78 is 4.77. The summed E-state index contributed by atoms with van der Waals surface area (Å²) in [5.41, 5.74) is 0. The van der Waals surface area contributed by atoms with Gasteiger partial charge in [-0.3, -0.25) is 9.59 Å². The summed E-state index contributed by atoms with van der Waals surface area (Å²) in [5.74, 6) is -0.117. The van der Waals surface area contributed by atoms with Crippen LogP contribution in [0, 0.1) is 0 Å². The van der Waals surface area contributed by atoms with Gasteiger partial charge >= 0.3 is 5.97 Å². The molecule has 2 N–H and O–H groups in total. The summed E-state index contributed by atoms with van der Waals surface area (Å²) in [4.78, 5) is 22.9. The van der Waals surface area contributed by atoms with Crippen molar-refractivity contribution in [3.05, 3.63) is 0 Å². The molecular weight excluding hydrogens is 318 g/mol. The van der Waals surface area contributed by atoms with Crippen molar-refractivity contribution >= 4 is 11.9 Å². The Hall–Kier alpha value is -1.10. The van der Waals surface area contributed by atoms with E-state index in [0.29, 0.717) is 19.4 Å². The number of nitrogens with one attached hydrogen (secondary N) is 1. The maximum absolute atomic E-state index is 11.7. The van der Waals surface area contributed by atoms with E-state index in [2.05, 4.69) is 12.2 Å². The molecule has 0 rings (SSSR count). The maximum Gasteiger partial charge on any atom is 0.305 e. The minimum Gasteiger partial charge on any atom is -0.463 e. The van der Waals surface area contributed by atoms with Gasteiger partial charge in [0.15, 0.2) is 0 Å². The van der Waals surface area contributed by atoms with Gasteiger partial charge in [0.05, 0.1) is 6.61 Å². The molecule has 5 nitrogen and oxygen atoms in total. The predicted molar refractivity (Wildman–Crippen MR) is 101 cm³/mol. The van der Waals surface area contributed by atoms with Crippen molar-refractivity contribution in [3.63, 3.8) is 0 Å². The summed E-state index contributed by atoms with van der Waals surface area (Å²) in [5, 5.41) is 11.5. The summed E-state index contributed by atoms with van der Waals surface area (Å²) in [6.45, 7) is 2.87. The first kappa shape index (κ1) is 23.9. The Balaban J connectivity index is 3.24. The molecule has 0 atom stereocenters. The highest BCUT2D eigenvalue weighted by molar-refractivity contribution is 5.75. The van der Waals surface area contributed by atoms with E-state index in [1.165, 1.54) is 44.9 Å². The largest absolute Gasteiger partial charge is 0.463 e. The normalized spacial score (nSPS) is 10.6. The zero-order chi connectivity index (χ0) is 18.6. The molecule has 0 aromatic heterocycles. The van der Waals surface area contributed by atoms with E-state index >= 15 is 0 Å². The predicted octanol–water partition coefficient (Wildman–Crippen LogP) is 4.12. The van der Waals surface area contributed by atoms with Crippen LogP contribution in [-0.4, -0.2) is 36.7 Å². The van der Waals surface area contributed by atoms with Crippen molar-refractivity contribution in [2.24, 2.45) is 0 Å². The first-order chi connectivity index (χ1) is 12.2. The van der Waals surface area contributed by atoms with E-state index in [4.69, 9.17) is 9.84 Å². The fraction of sp³-hybridized carbons (Fsp3) is 0.900. The smallest absolute Gasteiger partial charge is 0.305 e. The quantitative estimate of drug-likeness (QED) is 0.286. The Morgan fingerprint density at radius 3 is 2.00 bits per heavy atom. The van der Waals surface area contributed by atoms with E-state index < -0.39 is 0 Å². The summed E-state index contributed by atoms with van der Waals surface area (Å²) in [7, 11) is 0. The highest BCUT2D eigenvalue weighted by atomic mass is 16.5. The lowest BCUT2D eigenvalue weighted by atomic mass is 10.1. The van der Waals surface area contributed by atoms with Crippen molar-refractivity contribution in [2.45, 2.75) is 96.8 Å². The van der Waals surface area contributed by atoms with Crippen molar-refractivity contribution < 1.29 is 19.4 Å². The molecule has 0 fully saturated rings. The number of hydrogen-bond donors (Lipinski definition) is 2. The minimum atomic E-state index is -0.261. The first-order valence-corrected chi connectivity index (χ1v) is 10.2. The molecule has 0 aliphatic carbocycles. The van der Waals surface area contributed by atoms with Crippen LogP contribution < -0.4 is 5.32 Å². The number of aliphatic hydroxyl groups excluding tert-OH is 1. The minimum absolute atomic E-state index is 0.0771. The van der Waals surface area contributed by atoms with Crippen LogP contribution in [0.2, 0.25) is 0 Å². The van der Waals surface area contributed by atoms with Gasteiger partial charge in [0, 0.05) is 19.4 Å². The Bertz CT molecular complexity index is 321. The highest BCUT2D eigenvalue weighted by Gasteiger charge is 2.03. The molecular formula is C20H39NO4.